The van der Waals surface area contributed by atoms with Crippen LogP contribution in [0.5, 0.6) is 5.75 Å². The molecule has 3 rings (SSSR count). The van der Waals surface area contributed by atoms with Crippen LogP contribution in [0, 0.1) is 10.1 Å². The fraction of sp³-hybridized carbons (Fsp3) is 0.0870. The number of hydrogen-bond acceptors (Lipinski definition) is 8. The molecule has 180 valence electrons. The third kappa shape index (κ3) is 7.20. The van der Waals surface area contributed by atoms with E-state index >= 15 is 0 Å². The van der Waals surface area contributed by atoms with Crippen molar-refractivity contribution >= 4 is 39.5 Å². The average Bonchev–Trinajstić information content (AvgIpc) is 2.83. The molecule has 0 aliphatic rings. The molecule has 0 radical (unpaired) electrons. The van der Waals surface area contributed by atoms with Gasteiger partial charge >= 0.3 is 5.97 Å². The highest BCUT2D eigenvalue weighted by atomic mass is 32.2. The van der Waals surface area contributed by atoms with Gasteiger partial charge in [0.05, 0.1) is 28.6 Å². The van der Waals surface area contributed by atoms with Crippen molar-refractivity contribution in [3.05, 3.63) is 100 Å². The first-order chi connectivity index (χ1) is 16.6. The zero-order valence-corrected chi connectivity index (χ0v) is 19.2. The summed E-state index contributed by atoms with van der Waals surface area (Å²) in [5.41, 5.74) is 2.86. The number of nitro benzene ring substituents is 1. The van der Waals surface area contributed by atoms with Gasteiger partial charge in [-0.05, 0) is 48.0 Å². The van der Waals surface area contributed by atoms with Gasteiger partial charge in [0.25, 0.3) is 11.6 Å². The van der Waals surface area contributed by atoms with E-state index in [1.165, 1.54) is 24.4 Å². The first-order valence-corrected chi connectivity index (χ1v) is 11.9. The molecule has 35 heavy (non-hydrogen) atoms. The van der Waals surface area contributed by atoms with E-state index in [-0.39, 0.29) is 11.4 Å². The van der Waals surface area contributed by atoms with Crippen LogP contribution >= 0.6 is 0 Å². The number of nitro groups is 1. The predicted molar refractivity (Wildman–Crippen MR) is 129 cm³/mol. The topological polar surface area (TPSA) is 148 Å². The number of nitrogens with zero attached hydrogens (tertiary/aromatic N) is 3. The number of anilines is 1. The molecular formula is C23H20N4O7S. The summed E-state index contributed by atoms with van der Waals surface area (Å²) in [5, 5.41) is 14.8. The van der Waals surface area contributed by atoms with Crippen molar-refractivity contribution < 1.29 is 27.7 Å². The van der Waals surface area contributed by atoms with Crippen LogP contribution in [0.3, 0.4) is 0 Å². The van der Waals surface area contributed by atoms with Crippen LogP contribution < -0.4 is 14.5 Å². The minimum atomic E-state index is -3.91. The number of hydrazone groups is 1. The van der Waals surface area contributed by atoms with Gasteiger partial charge in [0, 0.05) is 12.1 Å². The highest BCUT2D eigenvalue weighted by Gasteiger charge is 2.22. The third-order valence-corrected chi connectivity index (χ3v) is 5.66. The van der Waals surface area contributed by atoms with Gasteiger partial charge in [-0.1, -0.05) is 24.3 Å². The number of carbonyl (C=O) groups excluding carboxylic acids is 2. The summed E-state index contributed by atoms with van der Waals surface area (Å²) >= 11 is 0. The summed E-state index contributed by atoms with van der Waals surface area (Å²) in [6.45, 7) is -0.633. The summed E-state index contributed by atoms with van der Waals surface area (Å²) in [7, 11) is -3.91. The van der Waals surface area contributed by atoms with Gasteiger partial charge in [-0.25, -0.2) is 18.6 Å². The number of hydrogen-bond donors (Lipinski definition) is 1. The summed E-state index contributed by atoms with van der Waals surface area (Å²) in [6, 6.07) is 19.8. The van der Waals surface area contributed by atoms with Crippen molar-refractivity contribution in [1.29, 1.82) is 0 Å². The SMILES string of the molecule is CS(=O)(=O)N(CC(=O)N/N=C\c1ccc(OC(=O)c2ccccc2)cc1)c1cccc([N+](=O)[O-])c1. The van der Waals surface area contributed by atoms with Crippen molar-refractivity contribution in [2.45, 2.75) is 0 Å². The Morgan fingerprint density at radius 2 is 1.74 bits per heavy atom. The summed E-state index contributed by atoms with van der Waals surface area (Å²) in [6.07, 6.45) is 2.20. The van der Waals surface area contributed by atoms with Crippen molar-refractivity contribution in [2.75, 3.05) is 17.1 Å². The van der Waals surface area contributed by atoms with Crippen LogP contribution in [0.25, 0.3) is 0 Å². The predicted octanol–water partition coefficient (Wildman–Crippen LogP) is 2.73. The van der Waals surface area contributed by atoms with Crippen LogP contribution in [0.4, 0.5) is 11.4 Å². The molecule has 3 aromatic rings. The van der Waals surface area contributed by atoms with Crippen LogP contribution in [-0.4, -0.2) is 44.2 Å². The molecule has 0 fully saturated rings. The Kier molecular flexibility index (Phi) is 7.89. The van der Waals surface area contributed by atoms with E-state index in [4.69, 9.17) is 4.74 Å². The standard InChI is InChI=1S/C23H20N4O7S/c1-35(32,33)26(19-8-5-9-20(14-19)27(30)31)16-22(28)25-24-15-17-10-12-21(13-11-17)34-23(29)18-6-3-2-4-7-18/h2-15H,16H2,1H3,(H,25,28)/b24-15-. The number of benzene rings is 3. The number of ether oxygens (including phenoxy) is 1. The zero-order valence-electron chi connectivity index (χ0n) is 18.4. The monoisotopic (exact) mass is 496 g/mol. The quantitative estimate of drug-likeness (QED) is 0.157. The Balaban J connectivity index is 1.60. The minimum absolute atomic E-state index is 0.0264. The second kappa shape index (κ2) is 11.0. The van der Waals surface area contributed by atoms with Crippen LogP contribution in [-0.2, 0) is 14.8 Å². The zero-order chi connectivity index (χ0) is 25.4. The molecule has 1 N–H and O–H groups in total. The molecule has 0 spiro atoms. The van der Waals surface area contributed by atoms with E-state index in [1.54, 1.807) is 54.6 Å². The summed E-state index contributed by atoms with van der Waals surface area (Å²) in [4.78, 5) is 34.7. The van der Waals surface area contributed by atoms with Gasteiger partial charge in [-0.15, -0.1) is 0 Å². The summed E-state index contributed by atoms with van der Waals surface area (Å²) in [5.74, 6) is -0.939. The van der Waals surface area contributed by atoms with Crippen LogP contribution in [0.15, 0.2) is 84.0 Å². The number of rotatable bonds is 9. The lowest BCUT2D eigenvalue weighted by Gasteiger charge is -2.21. The van der Waals surface area contributed by atoms with E-state index in [1.807, 2.05) is 0 Å². The molecule has 0 aromatic heterocycles. The first-order valence-electron chi connectivity index (χ1n) is 10.0. The van der Waals surface area contributed by atoms with Crippen molar-refractivity contribution in [1.82, 2.24) is 5.43 Å². The third-order valence-electron chi connectivity index (χ3n) is 4.52. The molecular weight excluding hydrogens is 476 g/mol. The van der Waals surface area contributed by atoms with Gasteiger partial charge in [0.1, 0.15) is 12.3 Å². The Morgan fingerprint density at radius 1 is 1.06 bits per heavy atom. The molecule has 3 aromatic carbocycles. The Morgan fingerprint density at radius 3 is 2.37 bits per heavy atom. The van der Waals surface area contributed by atoms with Crippen molar-refractivity contribution in [2.24, 2.45) is 5.10 Å². The van der Waals surface area contributed by atoms with Crippen molar-refractivity contribution in [3.63, 3.8) is 0 Å². The lowest BCUT2D eigenvalue weighted by Crippen LogP contribution is -2.39. The van der Waals surface area contributed by atoms with Gasteiger partial charge in [0.2, 0.25) is 10.0 Å². The maximum absolute atomic E-state index is 12.3. The van der Waals surface area contributed by atoms with E-state index in [0.29, 0.717) is 16.9 Å². The Hall–Kier alpha value is -4.58. The number of sulfonamides is 1. The molecule has 12 heteroatoms. The molecule has 0 aliphatic heterocycles. The molecule has 1 amide bonds. The van der Waals surface area contributed by atoms with E-state index in [2.05, 4.69) is 10.5 Å². The lowest BCUT2D eigenvalue weighted by molar-refractivity contribution is -0.384. The normalized spacial score (nSPS) is 11.1. The molecule has 0 saturated heterocycles. The molecule has 0 atom stereocenters. The van der Waals surface area contributed by atoms with Gasteiger partial charge in [-0.2, -0.15) is 5.10 Å². The smallest absolute Gasteiger partial charge is 0.343 e. The number of non-ortho nitro benzene ring substituents is 1. The number of carbonyl (C=O) groups is 2. The minimum Gasteiger partial charge on any atom is -0.423 e. The molecule has 0 bridgehead atoms. The van der Waals surface area contributed by atoms with Gasteiger partial charge < -0.3 is 4.74 Å². The first kappa shape index (κ1) is 25.1. The van der Waals surface area contributed by atoms with Crippen LogP contribution in [0.1, 0.15) is 15.9 Å². The maximum Gasteiger partial charge on any atom is 0.343 e. The van der Waals surface area contributed by atoms with Gasteiger partial charge in [-0.3, -0.25) is 19.2 Å². The summed E-state index contributed by atoms with van der Waals surface area (Å²) < 4.78 is 30.3. The lowest BCUT2D eigenvalue weighted by atomic mass is 10.2. The van der Waals surface area contributed by atoms with Gasteiger partial charge in [0.15, 0.2) is 0 Å². The molecule has 0 heterocycles. The van der Waals surface area contributed by atoms with E-state index in [0.717, 1.165) is 16.6 Å². The number of esters is 1. The second-order valence-corrected chi connectivity index (χ2v) is 9.07. The molecule has 11 nitrogen and oxygen atoms in total. The van der Waals surface area contributed by atoms with Crippen LogP contribution in [0.2, 0.25) is 0 Å². The maximum atomic E-state index is 12.3. The highest BCUT2D eigenvalue weighted by Crippen LogP contribution is 2.23. The highest BCUT2D eigenvalue weighted by molar-refractivity contribution is 7.92. The Labute approximate surface area is 200 Å². The number of amides is 1. The second-order valence-electron chi connectivity index (χ2n) is 7.16. The number of nitrogens with one attached hydrogen (secondary N) is 1. The van der Waals surface area contributed by atoms with Crippen molar-refractivity contribution in [3.8, 4) is 5.75 Å². The molecule has 0 unspecified atom stereocenters. The Bertz CT molecular complexity index is 1360. The molecule has 0 aliphatic carbocycles. The van der Waals surface area contributed by atoms with E-state index in [9.17, 15) is 28.1 Å². The molecule has 0 saturated carbocycles. The fourth-order valence-electron chi connectivity index (χ4n) is 2.87. The largest absolute Gasteiger partial charge is 0.423 e. The average molecular weight is 497 g/mol. The fourth-order valence-corrected chi connectivity index (χ4v) is 3.72. The van der Waals surface area contributed by atoms with E-state index < -0.39 is 33.4 Å².